The number of benzene rings is 2. The summed E-state index contributed by atoms with van der Waals surface area (Å²) in [5.41, 5.74) is 2.94. The van der Waals surface area contributed by atoms with Crippen molar-refractivity contribution in [1.82, 2.24) is 9.97 Å². The summed E-state index contributed by atoms with van der Waals surface area (Å²) in [5, 5.41) is 13.7. The van der Waals surface area contributed by atoms with Crippen molar-refractivity contribution in [3.05, 3.63) is 54.4 Å². The van der Waals surface area contributed by atoms with Gasteiger partial charge in [-0.3, -0.25) is 0 Å². The van der Waals surface area contributed by atoms with Gasteiger partial charge in [0.25, 0.3) is 0 Å². The standard InChI is InChI=1S/C16H15N3O/c1-2-11-6-7-15-14(8-11)16(18-10-17-15)19-12-4-3-5-13(20)9-12/h3-10,20H,2H2,1H3,(H,17,18,19). The zero-order valence-corrected chi connectivity index (χ0v) is 11.2. The molecule has 1 heterocycles. The highest BCUT2D eigenvalue weighted by molar-refractivity contribution is 5.91. The third-order valence-electron chi connectivity index (χ3n) is 3.22. The lowest BCUT2D eigenvalue weighted by molar-refractivity contribution is 0.475. The summed E-state index contributed by atoms with van der Waals surface area (Å²) >= 11 is 0. The molecule has 0 amide bonds. The molecule has 2 aromatic carbocycles. The Hall–Kier alpha value is -2.62. The highest BCUT2D eigenvalue weighted by Gasteiger charge is 2.05. The van der Waals surface area contributed by atoms with Crippen molar-refractivity contribution in [3.8, 4) is 5.75 Å². The minimum absolute atomic E-state index is 0.225. The van der Waals surface area contributed by atoms with E-state index in [-0.39, 0.29) is 5.75 Å². The van der Waals surface area contributed by atoms with E-state index in [1.807, 2.05) is 12.1 Å². The van der Waals surface area contributed by atoms with E-state index >= 15 is 0 Å². The normalized spacial score (nSPS) is 10.7. The fourth-order valence-electron chi connectivity index (χ4n) is 2.14. The summed E-state index contributed by atoms with van der Waals surface area (Å²) in [6.07, 6.45) is 2.51. The summed E-state index contributed by atoms with van der Waals surface area (Å²) in [4.78, 5) is 8.58. The van der Waals surface area contributed by atoms with Crippen LogP contribution < -0.4 is 5.32 Å². The predicted octanol–water partition coefficient (Wildman–Crippen LogP) is 3.64. The lowest BCUT2D eigenvalue weighted by Crippen LogP contribution is -1.96. The number of fused-ring (bicyclic) bond motifs is 1. The summed E-state index contributed by atoms with van der Waals surface area (Å²) in [6, 6.07) is 13.2. The summed E-state index contributed by atoms with van der Waals surface area (Å²) < 4.78 is 0. The number of anilines is 2. The molecular weight excluding hydrogens is 250 g/mol. The first-order valence-corrected chi connectivity index (χ1v) is 6.56. The second kappa shape index (κ2) is 5.17. The summed E-state index contributed by atoms with van der Waals surface area (Å²) in [7, 11) is 0. The third-order valence-corrected chi connectivity index (χ3v) is 3.22. The van der Waals surface area contributed by atoms with E-state index in [0.717, 1.165) is 28.8 Å². The van der Waals surface area contributed by atoms with Crippen LogP contribution in [0.25, 0.3) is 10.9 Å². The molecule has 100 valence electrons. The van der Waals surface area contributed by atoms with Gasteiger partial charge >= 0.3 is 0 Å². The van der Waals surface area contributed by atoms with Crippen molar-refractivity contribution in [3.63, 3.8) is 0 Å². The molecule has 0 spiro atoms. The summed E-state index contributed by atoms with van der Waals surface area (Å²) in [5.74, 6) is 0.971. The van der Waals surface area contributed by atoms with Crippen molar-refractivity contribution < 1.29 is 5.11 Å². The van der Waals surface area contributed by atoms with Gasteiger partial charge < -0.3 is 10.4 Å². The van der Waals surface area contributed by atoms with E-state index < -0.39 is 0 Å². The molecule has 3 aromatic rings. The van der Waals surface area contributed by atoms with Gasteiger partial charge in [0.15, 0.2) is 0 Å². The van der Waals surface area contributed by atoms with Crippen LogP contribution in [0.4, 0.5) is 11.5 Å². The minimum atomic E-state index is 0.225. The smallest absolute Gasteiger partial charge is 0.141 e. The third kappa shape index (κ3) is 2.40. The first kappa shape index (κ1) is 12.4. The number of hydrogen-bond donors (Lipinski definition) is 2. The van der Waals surface area contributed by atoms with Gasteiger partial charge in [0.05, 0.1) is 5.52 Å². The van der Waals surface area contributed by atoms with E-state index in [1.165, 1.54) is 5.56 Å². The number of aromatic nitrogens is 2. The van der Waals surface area contributed by atoms with Crippen LogP contribution >= 0.6 is 0 Å². The van der Waals surface area contributed by atoms with Crippen LogP contribution in [0.15, 0.2) is 48.8 Å². The van der Waals surface area contributed by atoms with Crippen LogP contribution in [0, 0.1) is 0 Å². The van der Waals surface area contributed by atoms with E-state index in [0.29, 0.717) is 0 Å². The molecule has 0 bridgehead atoms. The van der Waals surface area contributed by atoms with Crippen LogP contribution in [-0.4, -0.2) is 15.1 Å². The monoisotopic (exact) mass is 265 g/mol. The molecule has 2 N–H and O–H groups in total. The topological polar surface area (TPSA) is 58.0 Å². The van der Waals surface area contributed by atoms with Gasteiger partial charge in [-0.15, -0.1) is 0 Å². The highest BCUT2D eigenvalue weighted by atomic mass is 16.3. The van der Waals surface area contributed by atoms with Crippen molar-refractivity contribution in [2.24, 2.45) is 0 Å². The number of rotatable bonds is 3. The Kier molecular flexibility index (Phi) is 3.21. The number of hydrogen-bond acceptors (Lipinski definition) is 4. The second-order valence-electron chi connectivity index (χ2n) is 4.60. The average molecular weight is 265 g/mol. The number of aromatic hydroxyl groups is 1. The molecule has 0 aliphatic heterocycles. The molecule has 20 heavy (non-hydrogen) atoms. The molecule has 0 aliphatic carbocycles. The Balaban J connectivity index is 2.06. The molecular formula is C16H15N3O. The SMILES string of the molecule is CCc1ccc2ncnc(Nc3cccc(O)c3)c2c1. The zero-order chi connectivity index (χ0) is 13.9. The van der Waals surface area contributed by atoms with Gasteiger partial charge in [-0.2, -0.15) is 0 Å². The number of nitrogens with one attached hydrogen (secondary N) is 1. The quantitative estimate of drug-likeness (QED) is 0.759. The Morgan fingerprint density at radius 2 is 2.00 bits per heavy atom. The molecule has 0 aliphatic rings. The summed E-state index contributed by atoms with van der Waals surface area (Å²) in [6.45, 7) is 2.12. The number of phenols is 1. The van der Waals surface area contributed by atoms with Gasteiger partial charge in [0, 0.05) is 17.1 Å². The molecule has 3 rings (SSSR count). The van der Waals surface area contributed by atoms with Crippen molar-refractivity contribution in [1.29, 1.82) is 0 Å². The zero-order valence-electron chi connectivity index (χ0n) is 11.2. The molecule has 0 fully saturated rings. The first-order valence-electron chi connectivity index (χ1n) is 6.56. The molecule has 0 atom stereocenters. The molecule has 1 aromatic heterocycles. The Bertz CT molecular complexity index is 756. The molecule has 0 unspecified atom stereocenters. The van der Waals surface area contributed by atoms with E-state index in [4.69, 9.17) is 0 Å². The fourth-order valence-corrected chi connectivity index (χ4v) is 2.14. The maximum absolute atomic E-state index is 9.51. The van der Waals surface area contributed by atoms with Gasteiger partial charge in [0.2, 0.25) is 0 Å². The number of phenolic OH excluding ortho intramolecular Hbond substituents is 1. The maximum atomic E-state index is 9.51. The van der Waals surface area contributed by atoms with Crippen molar-refractivity contribution in [2.45, 2.75) is 13.3 Å². The molecule has 0 radical (unpaired) electrons. The Morgan fingerprint density at radius 3 is 2.80 bits per heavy atom. The maximum Gasteiger partial charge on any atom is 0.141 e. The highest BCUT2D eigenvalue weighted by Crippen LogP contribution is 2.25. The lowest BCUT2D eigenvalue weighted by atomic mass is 10.1. The van der Waals surface area contributed by atoms with Crippen molar-refractivity contribution >= 4 is 22.4 Å². The van der Waals surface area contributed by atoms with Gasteiger partial charge in [-0.1, -0.05) is 19.1 Å². The van der Waals surface area contributed by atoms with Crippen LogP contribution in [0.1, 0.15) is 12.5 Å². The molecule has 0 saturated heterocycles. The molecule has 0 saturated carbocycles. The predicted molar refractivity (Wildman–Crippen MR) is 80.3 cm³/mol. The van der Waals surface area contributed by atoms with Crippen LogP contribution in [0.2, 0.25) is 0 Å². The number of aryl methyl sites for hydroxylation is 1. The second-order valence-corrected chi connectivity index (χ2v) is 4.60. The van der Waals surface area contributed by atoms with Crippen LogP contribution in [0.3, 0.4) is 0 Å². The van der Waals surface area contributed by atoms with E-state index in [9.17, 15) is 5.11 Å². The largest absolute Gasteiger partial charge is 0.508 e. The van der Waals surface area contributed by atoms with Gasteiger partial charge in [-0.25, -0.2) is 9.97 Å². The molecule has 4 nitrogen and oxygen atoms in total. The van der Waals surface area contributed by atoms with E-state index in [1.54, 1.807) is 24.5 Å². The molecule has 4 heteroatoms. The van der Waals surface area contributed by atoms with Gasteiger partial charge in [0.1, 0.15) is 17.9 Å². The van der Waals surface area contributed by atoms with Crippen molar-refractivity contribution in [2.75, 3.05) is 5.32 Å². The minimum Gasteiger partial charge on any atom is -0.508 e. The van der Waals surface area contributed by atoms with Crippen LogP contribution in [-0.2, 0) is 6.42 Å². The lowest BCUT2D eigenvalue weighted by Gasteiger charge is -2.09. The number of nitrogens with zero attached hydrogens (tertiary/aromatic N) is 2. The van der Waals surface area contributed by atoms with Gasteiger partial charge in [-0.05, 0) is 36.2 Å². The van der Waals surface area contributed by atoms with Crippen LogP contribution in [0.5, 0.6) is 5.75 Å². The Labute approximate surface area is 117 Å². The first-order chi connectivity index (χ1) is 9.76. The average Bonchev–Trinajstić information content (AvgIpc) is 2.47. The fraction of sp³-hybridized carbons (Fsp3) is 0.125. The van der Waals surface area contributed by atoms with E-state index in [2.05, 4.69) is 34.3 Å². The Morgan fingerprint density at radius 1 is 1.10 bits per heavy atom.